The van der Waals surface area contributed by atoms with Crippen LogP contribution >= 0.6 is 0 Å². The van der Waals surface area contributed by atoms with Gasteiger partial charge in [-0.15, -0.1) is 0 Å². The maximum absolute atomic E-state index is 12.6. The average Bonchev–Trinajstić information content (AvgIpc) is 2.35. The maximum Gasteiger partial charge on any atom is 0.416 e. The van der Waals surface area contributed by atoms with Gasteiger partial charge >= 0.3 is 6.18 Å². The molecule has 0 bridgehead atoms. The molecule has 0 amide bonds. The molecule has 6 heteroatoms. The van der Waals surface area contributed by atoms with Crippen LogP contribution in [0.25, 0.3) is 0 Å². The first-order valence-electron chi connectivity index (χ1n) is 6.34. The summed E-state index contributed by atoms with van der Waals surface area (Å²) in [5, 5.41) is 10.6. The van der Waals surface area contributed by atoms with Gasteiger partial charge in [-0.3, -0.25) is 0 Å². The topological polar surface area (TPSA) is 55.5 Å². The van der Waals surface area contributed by atoms with Crippen molar-refractivity contribution in [3.05, 3.63) is 34.9 Å². The summed E-state index contributed by atoms with van der Waals surface area (Å²) in [6, 6.07) is 3.33. The van der Waals surface area contributed by atoms with Gasteiger partial charge in [-0.05, 0) is 49.6 Å². The third-order valence-corrected chi connectivity index (χ3v) is 3.23. The van der Waals surface area contributed by atoms with Crippen LogP contribution in [0, 0.1) is 6.92 Å². The fraction of sp³-hybridized carbons (Fsp3) is 0.571. The number of hydrogen-bond acceptors (Lipinski definition) is 3. The number of methoxy groups -OCH3 is 1. The Labute approximate surface area is 116 Å². The molecule has 3 N–H and O–H groups in total. The summed E-state index contributed by atoms with van der Waals surface area (Å²) in [7, 11) is 1.44. The van der Waals surface area contributed by atoms with Gasteiger partial charge in [0.05, 0.1) is 12.2 Å². The lowest BCUT2D eigenvalue weighted by atomic mass is 9.86. The lowest BCUT2D eigenvalue weighted by molar-refractivity contribution is -0.137. The lowest BCUT2D eigenvalue weighted by Gasteiger charge is -2.30. The minimum Gasteiger partial charge on any atom is -0.383 e. The van der Waals surface area contributed by atoms with Gasteiger partial charge in [-0.2, -0.15) is 13.2 Å². The van der Waals surface area contributed by atoms with Crippen LogP contribution in [0.3, 0.4) is 0 Å². The zero-order valence-corrected chi connectivity index (χ0v) is 11.6. The van der Waals surface area contributed by atoms with Gasteiger partial charge in [-0.1, -0.05) is 6.07 Å². The van der Waals surface area contributed by atoms with E-state index in [0.29, 0.717) is 30.5 Å². The standard InChI is InChI=1S/C14H20F3NO2/c1-10-8-11(14(15,16)17)4-5-12(10)13(19,9-20-2)6-3-7-18/h4-5,8,19H,3,6-7,9,18H2,1-2H3. The second kappa shape index (κ2) is 6.56. The van der Waals surface area contributed by atoms with Crippen molar-refractivity contribution in [3.8, 4) is 0 Å². The average molecular weight is 291 g/mol. The highest BCUT2D eigenvalue weighted by Gasteiger charge is 2.34. The molecule has 0 aromatic heterocycles. The highest BCUT2D eigenvalue weighted by Crippen LogP contribution is 2.34. The monoisotopic (exact) mass is 291 g/mol. The minimum atomic E-state index is -4.39. The summed E-state index contributed by atoms with van der Waals surface area (Å²) in [6.45, 7) is 1.96. The quantitative estimate of drug-likeness (QED) is 0.847. The van der Waals surface area contributed by atoms with Gasteiger partial charge in [0.25, 0.3) is 0 Å². The third kappa shape index (κ3) is 3.94. The van der Waals surface area contributed by atoms with E-state index in [1.807, 2.05) is 0 Å². The van der Waals surface area contributed by atoms with E-state index in [2.05, 4.69) is 0 Å². The van der Waals surface area contributed by atoms with Gasteiger partial charge in [-0.25, -0.2) is 0 Å². The highest BCUT2D eigenvalue weighted by molar-refractivity contribution is 5.36. The second-order valence-corrected chi connectivity index (χ2v) is 4.88. The maximum atomic E-state index is 12.6. The van der Waals surface area contributed by atoms with E-state index in [-0.39, 0.29) is 6.61 Å². The van der Waals surface area contributed by atoms with Crippen molar-refractivity contribution < 1.29 is 23.0 Å². The molecule has 20 heavy (non-hydrogen) atoms. The summed E-state index contributed by atoms with van der Waals surface area (Å²) in [4.78, 5) is 0. The zero-order valence-electron chi connectivity index (χ0n) is 11.6. The molecule has 1 atom stereocenters. The predicted octanol–water partition coefficient (Wildman–Crippen LogP) is 2.59. The van der Waals surface area contributed by atoms with Crippen LogP contribution in [-0.2, 0) is 16.5 Å². The fourth-order valence-corrected chi connectivity index (χ4v) is 2.28. The molecule has 0 aliphatic heterocycles. The SMILES string of the molecule is COCC(O)(CCCN)c1ccc(C(F)(F)F)cc1C. The Bertz CT molecular complexity index is 449. The van der Waals surface area contributed by atoms with E-state index in [4.69, 9.17) is 10.5 Å². The van der Waals surface area contributed by atoms with E-state index >= 15 is 0 Å². The number of ether oxygens (including phenoxy) is 1. The van der Waals surface area contributed by atoms with E-state index in [1.165, 1.54) is 13.2 Å². The zero-order chi connectivity index (χ0) is 15.4. The fourth-order valence-electron chi connectivity index (χ4n) is 2.28. The van der Waals surface area contributed by atoms with Gasteiger partial charge in [0.15, 0.2) is 0 Å². The third-order valence-electron chi connectivity index (χ3n) is 3.23. The molecule has 0 spiro atoms. The summed E-state index contributed by atoms with van der Waals surface area (Å²) in [6.07, 6.45) is -3.50. The van der Waals surface area contributed by atoms with Crippen molar-refractivity contribution in [3.63, 3.8) is 0 Å². The summed E-state index contributed by atoms with van der Waals surface area (Å²) >= 11 is 0. The van der Waals surface area contributed by atoms with Crippen LogP contribution in [-0.4, -0.2) is 25.4 Å². The van der Waals surface area contributed by atoms with Gasteiger partial charge < -0.3 is 15.6 Å². The first kappa shape index (κ1) is 16.9. The Morgan fingerprint density at radius 3 is 2.40 bits per heavy atom. The second-order valence-electron chi connectivity index (χ2n) is 4.88. The molecule has 0 aliphatic carbocycles. The molecule has 1 rings (SSSR count). The van der Waals surface area contributed by atoms with Crippen LogP contribution in [0.4, 0.5) is 13.2 Å². The molecule has 1 aromatic carbocycles. The summed E-state index contributed by atoms with van der Waals surface area (Å²) in [5.74, 6) is 0. The van der Waals surface area contributed by atoms with Crippen molar-refractivity contribution in [1.82, 2.24) is 0 Å². The summed E-state index contributed by atoms with van der Waals surface area (Å²) in [5.41, 5.74) is 4.22. The van der Waals surface area contributed by atoms with Crippen molar-refractivity contribution in [2.24, 2.45) is 5.73 Å². The Hall–Kier alpha value is -1.11. The number of aliphatic hydroxyl groups is 1. The number of aryl methyl sites for hydroxylation is 1. The Morgan fingerprint density at radius 2 is 1.95 bits per heavy atom. The van der Waals surface area contributed by atoms with E-state index < -0.39 is 17.3 Å². The Balaban J connectivity index is 3.15. The molecule has 0 aliphatic rings. The Kier molecular flexibility index (Phi) is 5.56. The number of rotatable bonds is 6. The van der Waals surface area contributed by atoms with Crippen LogP contribution in [0.2, 0.25) is 0 Å². The van der Waals surface area contributed by atoms with Crippen LogP contribution in [0.15, 0.2) is 18.2 Å². The molecular formula is C14H20F3NO2. The highest BCUT2D eigenvalue weighted by atomic mass is 19.4. The number of halogens is 3. The number of alkyl halides is 3. The van der Waals surface area contributed by atoms with Crippen LogP contribution in [0.5, 0.6) is 0 Å². The molecule has 0 saturated carbocycles. The van der Waals surface area contributed by atoms with Gasteiger partial charge in [0.1, 0.15) is 5.60 Å². The molecule has 3 nitrogen and oxygen atoms in total. The van der Waals surface area contributed by atoms with Crippen molar-refractivity contribution in [2.45, 2.75) is 31.5 Å². The lowest BCUT2D eigenvalue weighted by Crippen LogP contribution is -2.33. The molecule has 0 fully saturated rings. The smallest absolute Gasteiger partial charge is 0.383 e. The van der Waals surface area contributed by atoms with E-state index in [0.717, 1.165) is 12.1 Å². The molecule has 114 valence electrons. The van der Waals surface area contributed by atoms with Crippen molar-refractivity contribution >= 4 is 0 Å². The number of hydrogen-bond donors (Lipinski definition) is 2. The molecule has 0 heterocycles. The van der Waals surface area contributed by atoms with Crippen molar-refractivity contribution in [2.75, 3.05) is 20.3 Å². The predicted molar refractivity (Wildman–Crippen MR) is 70.2 cm³/mol. The van der Waals surface area contributed by atoms with Crippen LogP contribution < -0.4 is 5.73 Å². The molecule has 0 saturated heterocycles. The summed E-state index contributed by atoms with van der Waals surface area (Å²) < 4.78 is 42.9. The largest absolute Gasteiger partial charge is 0.416 e. The van der Waals surface area contributed by atoms with Crippen molar-refractivity contribution in [1.29, 1.82) is 0 Å². The molecular weight excluding hydrogens is 271 g/mol. The van der Waals surface area contributed by atoms with Crippen LogP contribution in [0.1, 0.15) is 29.5 Å². The van der Waals surface area contributed by atoms with Gasteiger partial charge in [0, 0.05) is 7.11 Å². The molecule has 0 radical (unpaired) electrons. The number of benzene rings is 1. The minimum absolute atomic E-state index is 0.0131. The first-order chi connectivity index (χ1) is 9.24. The molecule has 1 aromatic rings. The normalized spacial score (nSPS) is 15.2. The van der Waals surface area contributed by atoms with E-state index in [1.54, 1.807) is 6.92 Å². The van der Waals surface area contributed by atoms with E-state index in [9.17, 15) is 18.3 Å². The Morgan fingerprint density at radius 1 is 1.30 bits per heavy atom. The first-order valence-corrected chi connectivity index (χ1v) is 6.34. The van der Waals surface area contributed by atoms with Gasteiger partial charge in [0.2, 0.25) is 0 Å². The number of nitrogens with two attached hydrogens (primary N) is 1. The molecule has 1 unspecified atom stereocenters.